The molecule has 35 heavy (non-hydrogen) atoms. The van der Waals surface area contributed by atoms with Gasteiger partial charge in [0, 0.05) is 55.0 Å². The first-order valence-corrected chi connectivity index (χ1v) is 13.1. The number of aliphatic hydroxyl groups is 1. The Morgan fingerprint density at radius 2 is 1.94 bits per heavy atom. The van der Waals surface area contributed by atoms with Gasteiger partial charge in [0.2, 0.25) is 10.0 Å². The first kappa shape index (κ1) is 26.7. The quantitative estimate of drug-likeness (QED) is 0.635. The number of aliphatic hydroxyl groups excluding tert-OH is 1. The summed E-state index contributed by atoms with van der Waals surface area (Å²) in [6.45, 7) is 7.57. The van der Waals surface area contributed by atoms with Crippen LogP contribution in [0.1, 0.15) is 43.6 Å². The second-order valence-corrected chi connectivity index (χ2v) is 11.1. The number of aromatic nitrogens is 1. The molecule has 1 N–H and O–H groups in total. The van der Waals surface area contributed by atoms with Crippen molar-refractivity contribution in [3.8, 4) is 17.6 Å². The van der Waals surface area contributed by atoms with Gasteiger partial charge in [0.15, 0.2) is 0 Å². The van der Waals surface area contributed by atoms with Crippen molar-refractivity contribution in [3.63, 3.8) is 0 Å². The molecular formula is C26H33N3O5S. The van der Waals surface area contributed by atoms with E-state index in [1.165, 1.54) is 10.4 Å². The lowest BCUT2D eigenvalue weighted by Gasteiger charge is -2.37. The van der Waals surface area contributed by atoms with E-state index < -0.39 is 22.2 Å². The van der Waals surface area contributed by atoms with Crippen LogP contribution in [0.2, 0.25) is 0 Å². The monoisotopic (exact) mass is 499 g/mol. The van der Waals surface area contributed by atoms with E-state index in [0.29, 0.717) is 11.1 Å². The van der Waals surface area contributed by atoms with Gasteiger partial charge in [0.05, 0.1) is 13.2 Å². The van der Waals surface area contributed by atoms with E-state index in [2.05, 4.69) is 16.8 Å². The first-order valence-electron chi connectivity index (χ1n) is 11.6. The van der Waals surface area contributed by atoms with Crippen molar-refractivity contribution < 1.29 is 23.1 Å². The first-order chi connectivity index (χ1) is 16.5. The summed E-state index contributed by atoms with van der Waals surface area (Å²) in [5, 5.41) is 9.78. The average molecular weight is 500 g/mol. The third kappa shape index (κ3) is 6.20. The maximum Gasteiger partial charge on any atom is 0.253 e. The number of sulfonamides is 1. The summed E-state index contributed by atoms with van der Waals surface area (Å²) in [4.78, 5) is 18.5. The molecule has 3 rings (SSSR count). The molecule has 2 aromatic rings. The fourth-order valence-electron chi connectivity index (χ4n) is 3.82. The van der Waals surface area contributed by atoms with Gasteiger partial charge in [-0.15, -0.1) is 0 Å². The molecule has 3 atom stereocenters. The molecule has 1 amide bonds. The minimum Gasteiger partial charge on any atom is -0.487 e. The number of carbonyl (C=O) groups is 1. The summed E-state index contributed by atoms with van der Waals surface area (Å²) in [6, 6.07) is 7.48. The molecule has 1 aromatic carbocycles. The molecule has 8 nitrogen and oxygen atoms in total. The standard InChI is InChI=1S/C26H33N3O5S/c1-18(2)6-7-21-8-9-25-23(14-21)34-24(16-28(5)26(31)22-10-12-27-13-11-22)19(3)15-29(20(4)17-30)35(25,32)33/h8-14,18-20,24,30H,15-17H2,1-5H3/t19-,20-,24-/m1/s1. The topological polar surface area (TPSA) is 100 Å². The summed E-state index contributed by atoms with van der Waals surface area (Å²) >= 11 is 0. The number of carbonyl (C=O) groups excluding carboxylic acids is 1. The van der Waals surface area contributed by atoms with Gasteiger partial charge in [-0.25, -0.2) is 8.42 Å². The predicted octanol–water partition coefficient (Wildman–Crippen LogP) is 2.63. The van der Waals surface area contributed by atoms with E-state index in [0.717, 1.165) is 0 Å². The number of hydrogen-bond donors (Lipinski definition) is 1. The van der Waals surface area contributed by atoms with Gasteiger partial charge in [-0.3, -0.25) is 9.78 Å². The van der Waals surface area contributed by atoms with Crippen molar-refractivity contribution in [1.29, 1.82) is 0 Å². The van der Waals surface area contributed by atoms with Crippen molar-refractivity contribution >= 4 is 15.9 Å². The van der Waals surface area contributed by atoms with Crippen LogP contribution >= 0.6 is 0 Å². The van der Waals surface area contributed by atoms with Gasteiger partial charge < -0.3 is 14.7 Å². The van der Waals surface area contributed by atoms with Gasteiger partial charge in [-0.05, 0) is 37.3 Å². The lowest BCUT2D eigenvalue weighted by molar-refractivity contribution is 0.0563. The van der Waals surface area contributed by atoms with Gasteiger partial charge in [-0.1, -0.05) is 32.6 Å². The number of hydrogen-bond acceptors (Lipinski definition) is 6. The molecule has 1 aliphatic heterocycles. The van der Waals surface area contributed by atoms with Crippen LogP contribution in [-0.4, -0.2) is 72.5 Å². The van der Waals surface area contributed by atoms with Crippen molar-refractivity contribution in [2.75, 3.05) is 26.7 Å². The zero-order valence-electron chi connectivity index (χ0n) is 20.8. The lowest BCUT2D eigenvalue weighted by atomic mass is 10.0. The minimum atomic E-state index is -3.93. The Hall–Kier alpha value is -2.93. The second kappa shape index (κ2) is 11.2. The van der Waals surface area contributed by atoms with Crippen LogP contribution in [0.3, 0.4) is 0 Å². The van der Waals surface area contributed by atoms with Gasteiger partial charge in [0.1, 0.15) is 16.7 Å². The number of rotatable bonds is 5. The molecule has 0 radical (unpaired) electrons. The smallest absolute Gasteiger partial charge is 0.253 e. The molecule has 1 aromatic heterocycles. The number of pyridine rings is 1. The molecule has 2 heterocycles. The van der Waals surface area contributed by atoms with E-state index in [4.69, 9.17) is 4.74 Å². The Morgan fingerprint density at radius 3 is 2.57 bits per heavy atom. The molecule has 0 unspecified atom stereocenters. The number of ether oxygens (including phenoxy) is 1. The fourth-order valence-corrected chi connectivity index (χ4v) is 5.64. The van der Waals surface area contributed by atoms with Crippen molar-refractivity contribution in [2.45, 2.75) is 44.7 Å². The van der Waals surface area contributed by atoms with Gasteiger partial charge in [0.25, 0.3) is 5.91 Å². The zero-order chi connectivity index (χ0) is 25.8. The third-order valence-corrected chi connectivity index (χ3v) is 7.92. The highest BCUT2D eigenvalue weighted by Crippen LogP contribution is 2.34. The van der Waals surface area contributed by atoms with E-state index in [1.54, 1.807) is 55.5 Å². The van der Waals surface area contributed by atoms with Crippen LogP contribution in [-0.2, 0) is 10.0 Å². The van der Waals surface area contributed by atoms with Crippen LogP contribution in [0.5, 0.6) is 5.75 Å². The zero-order valence-corrected chi connectivity index (χ0v) is 21.6. The Kier molecular flexibility index (Phi) is 8.54. The highest BCUT2D eigenvalue weighted by Gasteiger charge is 2.38. The minimum absolute atomic E-state index is 0.0212. The molecule has 0 fully saturated rings. The number of likely N-dealkylation sites (N-methyl/N-ethyl adjacent to an activating group) is 1. The molecule has 9 heteroatoms. The van der Waals surface area contributed by atoms with Crippen LogP contribution < -0.4 is 4.74 Å². The van der Waals surface area contributed by atoms with E-state index in [-0.39, 0.29) is 48.1 Å². The maximum absolute atomic E-state index is 13.6. The summed E-state index contributed by atoms with van der Waals surface area (Å²) < 4.78 is 34.7. The number of amides is 1. The lowest BCUT2D eigenvalue weighted by Crippen LogP contribution is -2.50. The second-order valence-electron chi connectivity index (χ2n) is 9.25. The summed E-state index contributed by atoms with van der Waals surface area (Å²) in [5.74, 6) is 6.03. The average Bonchev–Trinajstić information content (AvgIpc) is 2.84. The Labute approximate surface area is 208 Å². The molecule has 1 aliphatic rings. The van der Waals surface area contributed by atoms with Crippen LogP contribution in [0, 0.1) is 23.7 Å². The van der Waals surface area contributed by atoms with E-state index >= 15 is 0 Å². The Balaban J connectivity index is 2.02. The van der Waals surface area contributed by atoms with Crippen molar-refractivity contribution in [2.24, 2.45) is 11.8 Å². The van der Waals surface area contributed by atoms with E-state index in [9.17, 15) is 18.3 Å². The molecular weight excluding hydrogens is 466 g/mol. The summed E-state index contributed by atoms with van der Waals surface area (Å²) in [6.07, 6.45) is 2.62. The van der Waals surface area contributed by atoms with Crippen molar-refractivity contribution in [1.82, 2.24) is 14.2 Å². The van der Waals surface area contributed by atoms with Gasteiger partial charge in [-0.2, -0.15) is 4.31 Å². The SMILES string of the molecule is CC(C)C#Cc1ccc2c(c1)O[C@H](CN(C)C(=O)c1ccncc1)[C@H](C)CN([C@H](C)CO)S2(=O)=O. The third-order valence-electron chi connectivity index (χ3n) is 5.90. The summed E-state index contributed by atoms with van der Waals surface area (Å²) in [5.41, 5.74) is 1.15. The van der Waals surface area contributed by atoms with Crippen LogP contribution in [0.15, 0.2) is 47.6 Å². The largest absolute Gasteiger partial charge is 0.487 e. The normalized spacial score (nSPS) is 20.4. The number of benzene rings is 1. The molecule has 188 valence electrons. The highest BCUT2D eigenvalue weighted by molar-refractivity contribution is 7.89. The number of fused-ring (bicyclic) bond motifs is 1. The predicted molar refractivity (Wildman–Crippen MR) is 133 cm³/mol. The molecule has 0 saturated carbocycles. The maximum atomic E-state index is 13.6. The number of nitrogens with zero attached hydrogens (tertiary/aromatic N) is 3. The highest BCUT2D eigenvalue weighted by atomic mass is 32.2. The van der Waals surface area contributed by atoms with E-state index in [1.807, 2.05) is 20.8 Å². The Morgan fingerprint density at radius 1 is 1.26 bits per heavy atom. The fraction of sp³-hybridized carbons (Fsp3) is 0.462. The van der Waals surface area contributed by atoms with Crippen molar-refractivity contribution in [3.05, 3.63) is 53.9 Å². The van der Waals surface area contributed by atoms with Crippen LogP contribution in [0.25, 0.3) is 0 Å². The van der Waals surface area contributed by atoms with Gasteiger partial charge >= 0.3 is 0 Å². The summed E-state index contributed by atoms with van der Waals surface area (Å²) in [7, 11) is -2.25. The van der Waals surface area contributed by atoms with Crippen LogP contribution in [0.4, 0.5) is 0 Å². The molecule has 0 spiro atoms. The molecule has 0 bridgehead atoms. The molecule has 0 saturated heterocycles. The Bertz CT molecular complexity index is 1200. The molecule has 0 aliphatic carbocycles.